The Balaban J connectivity index is 1.64. The largest absolute Gasteiger partial charge is 0.272 e. The van der Waals surface area contributed by atoms with Crippen molar-refractivity contribution in [3.05, 3.63) is 0 Å². The first-order valence-corrected chi connectivity index (χ1v) is 14.2. The van der Waals surface area contributed by atoms with E-state index in [1.807, 2.05) is 0 Å². The van der Waals surface area contributed by atoms with Crippen LogP contribution < -0.4 is 0 Å². The van der Waals surface area contributed by atoms with Crippen LogP contribution in [0.2, 0.25) is 14.3 Å². The van der Waals surface area contributed by atoms with E-state index in [1.54, 1.807) is 77.0 Å². The maximum absolute atomic E-state index is 2.43. The van der Waals surface area contributed by atoms with Gasteiger partial charge in [0.05, 0.1) is 0 Å². The van der Waals surface area contributed by atoms with E-state index in [1.165, 1.54) is 33.6 Å². The van der Waals surface area contributed by atoms with Gasteiger partial charge >= 0.3 is 0 Å². The molecule has 0 heterocycles. The van der Waals surface area contributed by atoms with Crippen LogP contribution in [0.5, 0.6) is 0 Å². The van der Waals surface area contributed by atoms with Gasteiger partial charge in [-0.3, -0.25) is 0 Å². The number of hydrogen-bond acceptors (Lipinski definition) is 0. The molecule has 0 aromatic rings. The standard InChI is InChI=1S/3C8H15.Al/c3*1-2-8-6-4-3-5-7-8;/h3*3,8H,2,4-7H2,1H3;. The Morgan fingerprint density at radius 1 is 0.440 bits per heavy atom. The van der Waals surface area contributed by atoms with Crippen LogP contribution >= 0.6 is 0 Å². The van der Waals surface area contributed by atoms with Gasteiger partial charge in [-0.1, -0.05) is 131 Å². The summed E-state index contributed by atoms with van der Waals surface area (Å²) in [5, 5.41) is 0. The summed E-state index contributed by atoms with van der Waals surface area (Å²) in [6.07, 6.45) is 23.6. The van der Waals surface area contributed by atoms with Gasteiger partial charge in [0.2, 0.25) is 0 Å². The molecule has 0 radical (unpaired) electrons. The predicted molar refractivity (Wildman–Crippen MR) is 114 cm³/mol. The molecule has 0 unspecified atom stereocenters. The molecule has 0 aliphatic heterocycles. The first-order valence-electron chi connectivity index (χ1n) is 12.2. The monoisotopic (exact) mass is 360 g/mol. The van der Waals surface area contributed by atoms with Crippen molar-refractivity contribution in [2.75, 3.05) is 0 Å². The van der Waals surface area contributed by atoms with Crippen LogP contribution in [0.4, 0.5) is 0 Å². The van der Waals surface area contributed by atoms with Gasteiger partial charge in [0.1, 0.15) is 0 Å². The maximum atomic E-state index is 2.43. The average Bonchev–Trinajstić information content (AvgIpc) is 2.70. The summed E-state index contributed by atoms with van der Waals surface area (Å²) in [6.45, 7) is 7.29. The molecule has 0 aromatic heterocycles. The van der Waals surface area contributed by atoms with Crippen molar-refractivity contribution < 1.29 is 0 Å². The summed E-state index contributed by atoms with van der Waals surface area (Å²) in [4.78, 5) is 0. The van der Waals surface area contributed by atoms with Crippen molar-refractivity contribution in [2.24, 2.45) is 17.8 Å². The Morgan fingerprint density at radius 3 is 0.880 bits per heavy atom. The molecule has 0 N–H and O–H groups in total. The minimum absolute atomic E-state index is 0.593. The normalized spacial score (nSPS) is 40.0. The van der Waals surface area contributed by atoms with Crippen molar-refractivity contribution in [1.29, 1.82) is 0 Å². The zero-order valence-corrected chi connectivity index (χ0v) is 18.8. The minimum atomic E-state index is -0.593. The van der Waals surface area contributed by atoms with Gasteiger partial charge in [-0.25, -0.2) is 0 Å². The Hall–Kier alpha value is 0.532. The van der Waals surface area contributed by atoms with E-state index in [9.17, 15) is 0 Å². The highest BCUT2D eigenvalue weighted by molar-refractivity contribution is 6.63. The van der Waals surface area contributed by atoms with Crippen molar-refractivity contribution in [1.82, 2.24) is 0 Å². The lowest BCUT2D eigenvalue weighted by atomic mass is 9.86. The zero-order chi connectivity index (χ0) is 17.6. The van der Waals surface area contributed by atoms with E-state index in [2.05, 4.69) is 20.8 Å². The van der Waals surface area contributed by atoms with Crippen molar-refractivity contribution >= 4 is 14.1 Å². The molecule has 1 heteroatoms. The van der Waals surface area contributed by atoms with E-state index in [-0.39, 0.29) is 0 Å². The summed E-state index contributed by atoms with van der Waals surface area (Å²) in [5.74, 6) is 3.24. The molecular weight excluding hydrogens is 315 g/mol. The molecule has 3 rings (SSSR count). The third kappa shape index (κ3) is 5.29. The van der Waals surface area contributed by atoms with Crippen LogP contribution in [0.1, 0.15) is 117 Å². The van der Waals surface area contributed by atoms with Crippen LogP contribution in [-0.2, 0) is 0 Å². The molecule has 0 saturated heterocycles. The molecule has 0 nitrogen and oxygen atoms in total. The van der Waals surface area contributed by atoms with Crippen LogP contribution in [-0.4, -0.2) is 14.1 Å². The first-order chi connectivity index (χ1) is 12.2. The van der Waals surface area contributed by atoms with Crippen LogP contribution in [0, 0.1) is 17.8 Å². The highest BCUT2D eigenvalue weighted by Gasteiger charge is 2.44. The van der Waals surface area contributed by atoms with Crippen molar-refractivity contribution in [3.63, 3.8) is 0 Å². The molecule has 0 amide bonds. The van der Waals surface area contributed by atoms with Crippen LogP contribution in [0.15, 0.2) is 0 Å². The highest BCUT2D eigenvalue weighted by Crippen LogP contribution is 2.51. The van der Waals surface area contributed by atoms with Gasteiger partial charge < -0.3 is 0 Å². The Kier molecular flexibility index (Phi) is 8.25. The summed E-state index contributed by atoms with van der Waals surface area (Å²) >= 11 is -0.593. The fraction of sp³-hybridized carbons (Fsp3) is 1.00. The lowest BCUT2D eigenvalue weighted by molar-refractivity contribution is 0.309. The molecule has 3 aliphatic rings. The summed E-state index contributed by atoms with van der Waals surface area (Å²) in [7, 11) is 0. The van der Waals surface area contributed by atoms with Gasteiger partial charge in [-0.15, -0.1) is 0 Å². The minimum Gasteiger partial charge on any atom is -0.0816 e. The molecule has 25 heavy (non-hydrogen) atoms. The second-order valence-corrected chi connectivity index (χ2v) is 14.1. The molecule has 0 bridgehead atoms. The molecule has 3 fully saturated rings. The third-order valence-electron chi connectivity index (χ3n) is 9.04. The second kappa shape index (κ2) is 10.2. The Labute approximate surface area is 163 Å². The summed E-state index contributed by atoms with van der Waals surface area (Å²) < 4.78 is 3.69. The first kappa shape index (κ1) is 20.3. The van der Waals surface area contributed by atoms with Crippen molar-refractivity contribution in [3.8, 4) is 0 Å². The van der Waals surface area contributed by atoms with Gasteiger partial charge in [0.15, 0.2) is 0 Å². The van der Waals surface area contributed by atoms with E-state index < -0.39 is 14.1 Å². The van der Waals surface area contributed by atoms with Gasteiger partial charge in [-0.05, 0) is 17.8 Å². The zero-order valence-electron chi connectivity index (χ0n) is 17.6. The molecular formula is C24H45Al. The molecule has 0 aromatic carbocycles. The fourth-order valence-electron chi connectivity index (χ4n) is 7.10. The van der Waals surface area contributed by atoms with E-state index in [0.29, 0.717) is 0 Å². The topological polar surface area (TPSA) is 0 Å². The van der Waals surface area contributed by atoms with Gasteiger partial charge in [0.25, 0.3) is 14.1 Å². The van der Waals surface area contributed by atoms with E-state index in [0.717, 1.165) is 17.8 Å². The number of rotatable bonds is 6. The van der Waals surface area contributed by atoms with E-state index in [4.69, 9.17) is 0 Å². The lowest BCUT2D eigenvalue weighted by Gasteiger charge is -2.43. The smallest absolute Gasteiger partial charge is 0.0816 e. The van der Waals surface area contributed by atoms with Crippen LogP contribution in [0.3, 0.4) is 0 Å². The average molecular weight is 361 g/mol. The van der Waals surface area contributed by atoms with Crippen molar-refractivity contribution in [2.45, 2.75) is 131 Å². The molecule has 144 valence electrons. The Morgan fingerprint density at radius 2 is 0.680 bits per heavy atom. The predicted octanol–water partition coefficient (Wildman–Crippen LogP) is 8.39. The molecule has 0 spiro atoms. The lowest BCUT2D eigenvalue weighted by Crippen LogP contribution is -2.37. The molecule has 3 aliphatic carbocycles. The third-order valence-corrected chi connectivity index (χ3v) is 14.3. The summed E-state index contributed by atoms with van der Waals surface area (Å²) in [6, 6.07) is 0. The van der Waals surface area contributed by atoms with Gasteiger partial charge in [-0.2, -0.15) is 0 Å². The molecule has 0 atom stereocenters. The number of hydrogen-bond donors (Lipinski definition) is 0. The fourth-order valence-corrected chi connectivity index (χ4v) is 12.9. The quantitative estimate of drug-likeness (QED) is 0.417. The van der Waals surface area contributed by atoms with Crippen LogP contribution in [0.25, 0.3) is 0 Å². The highest BCUT2D eigenvalue weighted by atomic mass is 27.2. The maximum Gasteiger partial charge on any atom is 0.272 e. The molecule has 3 saturated carbocycles. The summed E-state index contributed by atoms with van der Waals surface area (Å²) in [5.41, 5.74) is 0. The second-order valence-electron chi connectivity index (χ2n) is 10.1. The SMILES string of the molecule is CCC1CC[CH]([Al]([CH]2CCC(CC)CC2)[CH]2CCC(CC)CC2)CC1. The van der Waals surface area contributed by atoms with Gasteiger partial charge in [0, 0.05) is 0 Å². The Bertz CT molecular complexity index is 297. The van der Waals surface area contributed by atoms with E-state index >= 15 is 0 Å².